The van der Waals surface area contributed by atoms with Crippen molar-refractivity contribution in [2.75, 3.05) is 5.75 Å². The molecule has 11 heteroatoms. The van der Waals surface area contributed by atoms with Gasteiger partial charge >= 0.3 is 0 Å². The second-order valence-corrected chi connectivity index (χ2v) is 6.86. The summed E-state index contributed by atoms with van der Waals surface area (Å²) >= 11 is 2.67. The van der Waals surface area contributed by atoms with Crippen molar-refractivity contribution in [1.82, 2.24) is 4.98 Å². The van der Waals surface area contributed by atoms with E-state index >= 15 is 0 Å². The monoisotopic (exact) mass is 323 g/mol. The van der Waals surface area contributed by atoms with Crippen molar-refractivity contribution in [3.63, 3.8) is 0 Å². The zero-order valence-corrected chi connectivity index (χ0v) is 12.2. The summed E-state index contributed by atoms with van der Waals surface area (Å²) in [6, 6.07) is 0. The number of nitrogens with two attached hydrogens (primary N) is 3. The fourth-order valence-corrected chi connectivity index (χ4v) is 3.16. The number of hydrogen-bond donors (Lipinski definition) is 3. The highest BCUT2D eigenvalue weighted by Crippen LogP contribution is 2.22. The lowest BCUT2D eigenvalue weighted by molar-refractivity contribution is -0.111. The number of primary sulfonamides is 1. The Labute approximate surface area is 118 Å². The zero-order chi connectivity index (χ0) is 14.5. The van der Waals surface area contributed by atoms with Gasteiger partial charge in [0, 0.05) is 23.3 Å². The lowest BCUT2D eigenvalue weighted by Gasteiger charge is -1.98. The molecule has 1 rings (SSSR count). The van der Waals surface area contributed by atoms with Crippen LogP contribution in [0.25, 0.3) is 0 Å². The molecule has 0 aliphatic rings. The molecule has 1 heterocycles. The number of carbonyl (C=O) groups is 1. The number of carbonyl (C=O) groups excluding carboxylic acids is 1. The SMILES string of the molecule is NC(N)=Nc1nc(CSCCC(=O)S(N)(=O)=O)cs1. The zero-order valence-electron chi connectivity index (χ0n) is 9.77. The molecule has 1 aromatic heterocycles. The van der Waals surface area contributed by atoms with Crippen LogP contribution < -0.4 is 16.6 Å². The maximum absolute atomic E-state index is 11.0. The van der Waals surface area contributed by atoms with Gasteiger partial charge < -0.3 is 11.5 Å². The highest BCUT2D eigenvalue weighted by atomic mass is 32.2. The van der Waals surface area contributed by atoms with Gasteiger partial charge in [0.15, 0.2) is 5.96 Å². The third-order valence-electron chi connectivity index (χ3n) is 1.78. The van der Waals surface area contributed by atoms with E-state index in [0.717, 1.165) is 5.69 Å². The molecule has 0 atom stereocenters. The van der Waals surface area contributed by atoms with Gasteiger partial charge in [0.1, 0.15) is 0 Å². The van der Waals surface area contributed by atoms with E-state index in [1.165, 1.54) is 23.1 Å². The van der Waals surface area contributed by atoms with Gasteiger partial charge in [0.05, 0.1) is 5.69 Å². The number of nitrogens with zero attached hydrogens (tertiary/aromatic N) is 2. The van der Waals surface area contributed by atoms with Gasteiger partial charge in [0.2, 0.25) is 5.13 Å². The maximum atomic E-state index is 11.0. The van der Waals surface area contributed by atoms with E-state index in [9.17, 15) is 13.2 Å². The molecule has 6 N–H and O–H groups in total. The molecule has 0 unspecified atom stereocenters. The van der Waals surface area contributed by atoms with E-state index in [1.54, 1.807) is 5.38 Å². The Morgan fingerprint density at radius 2 is 2.16 bits per heavy atom. The third-order valence-corrected chi connectivity index (χ3v) is 4.40. The Balaban J connectivity index is 2.36. The van der Waals surface area contributed by atoms with Crippen molar-refractivity contribution in [2.45, 2.75) is 12.2 Å². The molecule has 106 valence electrons. The van der Waals surface area contributed by atoms with Crippen molar-refractivity contribution in [3.05, 3.63) is 11.1 Å². The Kier molecular flexibility index (Phi) is 5.72. The number of aromatic nitrogens is 1. The van der Waals surface area contributed by atoms with Gasteiger partial charge in [-0.15, -0.1) is 11.3 Å². The van der Waals surface area contributed by atoms with Gasteiger partial charge in [-0.25, -0.2) is 18.5 Å². The molecule has 0 aliphatic carbocycles. The second kappa shape index (κ2) is 6.84. The number of thioether (sulfide) groups is 1. The van der Waals surface area contributed by atoms with E-state index in [4.69, 9.17) is 11.5 Å². The minimum Gasteiger partial charge on any atom is -0.370 e. The molecule has 8 nitrogen and oxygen atoms in total. The normalized spacial score (nSPS) is 11.2. The van der Waals surface area contributed by atoms with Crippen LogP contribution >= 0.6 is 23.1 Å². The fourth-order valence-electron chi connectivity index (χ4n) is 0.999. The number of hydrogen-bond acceptors (Lipinski definition) is 7. The summed E-state index contributed by atoms with van der Waals surface area (Å²) in [5, 5.41) is 5.97. The van der Waals surface area contributed by atoms with Crippen LogP contribution in [0, 0.1) is 0 Å². The molecule has 0 bridgehead atoms. The Morgan fingerprint density at radius 1 is 1.47 bits per heavy atom. The minimum atomic E-state index is -4.07. The first kappa shape index (κ1) is 15.9. The molecule has 1 aromatic rings. The summed E-state index contributed by atoms with van der Waals surface area (Å²) in [5.74, 6) is 0.825. The van der Waals surface area contributed by atoms with Gasteiger partial charge in [-0.1, -0.05) is 0 Å². The average molecular weight is 323 g/mol. The molecule has 0 spiro atoms. The number of rotatable bonds is 6. The summed E-state index contributed by atoms with van der Waals surface area (Å²) < 4.78 is 21.3. The van der Waals surface area contributed by atoms with Crippen LogP contribution in [0.5, 0.6) is 0 Å². The molecular weight excluding hydrogens is 310 g/mol. The molecule has 19 heavy (non-hydrogen) atoms. The first-order valence-electron chi connectivity index (χ1n) is 4.96. The molecule has 0 amide bonds. The van der Waals surface area contributed by atoms with Crippen molar-refractivity contribution < 1.29 is 13.2 Å². The molecule has 0 radical (unpaired) electrons. The van der Waals surface area contributed by atoms with Crippen molar-refractivity contribution in [2.24, 2.45) is 21.6 Å². The lowest BCUT2D eigenvalue weighted by Crippen LogP contribution is -2.23. The largest absolute Gasteiger partial charge is 0.370 e. The number of thiazole rings is 1. The summed E-state index contributed by atoms with van der Waals surface area (Å²) in [6.45, 7) is 0. The van der Waals surface area contributed by atoms with E-state index in [1.807, 2.05) is 0 Å². The first-order valence-corrected chi connectivity index (χ1v) is 8.54. The van der Waals surface area contributed by atoms with Crippen LogP contribution in [0.1, 0.15) is 12.1 Å². The van der Waals surface area contributed by atoms with Crippen molar-refractivity contribution in [3.8, 4) is 0 Å². The summed E-state index contributed by atoms with van der Waals surface area (Å²) in [7, 11) is -4.07. The van der Waals surface area contributed by atoms with Gasteiger partial charge in [-0.3, -0.25) is 4.79 Å². The summed E-state index contributed by atoms with van der Waals surface area (Å²) in [4.78, 5) is 18.9. The summed E-state index contributed by atoms with van der Waals surface area (Å²) in [5.41, 5.74) is 11.2. The van der Waals surface area contributed by atoms with Crippen molar-refractivity contribution >= 4 is 49.3 Å². The minimum absolute atomic E-state index is 0.0627. The molecule has 0 fully saturated rings. The van der Waals surface area contributed by atoms with Crippen LogP contribution in [0.3, 0.4) is 0 Å². The molecular formula is C8H13N5O3S3. The van der Waals surface area contributed by atoms with Crippen molar-refractivity contribution in [1.29, 1.82) is 0 Å². The van der Waals surface area contributed by atoms with Crippen LogP contribution in [0.2, 0.25) is 0 Å². The summed E-state index contributed by atoms with van der Waals surface area (Å²) in [6.07, 6.45) is -0.117. The second-order valence-electron chi connectivity index (χ2n) is 3.38. The molecule has 0 aromatic carbocycles. The van der Waals surface area contributed by atoms with Crippen LogP contribution in [0.15, 0.2) is 10.4 Å². The Hall–Kier alpha value is -1.17. The van der Waals surface area contributed by atoms with Gasteiger partial charge in [-0.05, 0) is 0 Å². The standard InChI is InChI=1S/C8H13N5O3S3/c9-7(10)13-8-12-5(4-18-8)3-17-2-1-6(14)19(11,15)16/h4H,1-3H2,(H2,11,15,16)(H4,9,10,12,13). The van der Waals surface area contributed by atoms with E-state index in [2.05, 4.69) is 15.1 Å². The molecule has 0 saturated carbocycles. The van der Waals surface area contributed by atoms with Crippen LogP contribution in [0.4, 0.5) is 5.13 Å². The first-order chi connectivity index (χ1) is 8.79. The van der Waals surface area contributed by atoms with E-state index < -0.39 is 15.1 Å². The Morgan fingerprint density at radius 3 is 2.74 bits per heavy atom. The number of guanidine groups is 1. The number of aliphatic imine (C=N–C) groups is 1. The molecule has 0 aliphatic heterocycles. The average Bonchev–Trinajstić information content (AvgIpc) is 2.69. The number of sulfonamides is 1. The predicted octanol–water partition coefficient (Wildman–Crippen LogP) is -0.514. The fraction of sp³-hybridized carbons (Fsp3) is 0.375. The van der Waals surface area contributed by atoms with E-state index in [0.29, 0.717) is 16.6 Å². The van der Waals surface area contributed by atoms with Crippen LogP contribution in [-0.4, -0.2) is 30.2 Å². The van der Waals surface area contributed by atoms with Gasteiger partial charge in [0.25, 0.3) is 15.1 Å². The van der Waals surface area contributed by atoms with Crippen LogP contribution in [-0.2, 0) is 20.6 Å². The van der Waals surface area contributed by atoms with Gasteiger partial charge in [-0.2, -0.15) is 16.8 Å². The highest BCUT2D eigenvalue weighted by Gasteiger charge is 2.15. The van der Waals surface area contributed by atoms with E-state index in [-0.39, 0.29) is 12.4 Å². The maximum Gasteiger partial charge on any atom is 0.271 e. The quantitative estimate of drug-likeness (QED) is 0.361. The highest BCUT2D eigenvalue weighted by molar-refractivity contribution is 8.04. The smallest absolute Gasteiger partial charge is 0.271 e. The molecule has 0 saturated heterocycles. The Bertz CT molecular complexity index is 576. The predicted molar refractivity (Wildman–Crippen MR) is 76.5 cm³/mol. The third kappa shape index (κ3) is 6.00. The topological polar surface area (TPSA) is 155 Å². The lowest BCUT2D eigenvalue weighted by atomic mass is 10.5.